The van der Waals surface area contributed by atoms with Gasteiger partial charge >= 0.3 is 0 Å². The van der Waals surface area contributed by atoms with Gasteiger partial charge in [-0.2, -0.15) is 0 Å². The van der Waals surface area contributed by atoms with Gasteiger partial charge < -0.3 is 10.6 Å². The number of rotatable bonds is 5. The lowest BCUT2D eigenvalue weighted by atomic mass is 10.0. The highest BCUT2D eigenvalue weighted by Gasteiger charge is 2.36. The molecule has 110 valence electrons. The molecule has 1 saturated heterocycles. The molecule has 0 saturated carbocycles. The number of hydrogen-bond acceptors (Lipinski definition) is 3. The highest BCUT2D eigenvalue weighted by molar-refractivity contribution is 5.81. The van der Waals surface area contributed by atoms with Crippen molar-refractivity contribution < 1.29 is 4.79 Å². The van der Waals surface area contributed by atoms with Crippen LogP contribution in [-0.4, -0.2) is 48.9 Å². The lowest BCUT2D eigenvalue weighted by Gasteiger charge is -2.33. The Bertz CT molecular complexity index is 433. The van der Waals surface area contributed by atoms with E-state index in [9.17, 15) is 4.79 Å². The van der Waals surface area contributed by atoms with Crippen molar-refractivity contribution in [3.8, 4) is 0 Å². The van der Waals surface area contributed by atoms with Crippen molar-refractivity contribution in [3.63, 3.8) is 0 Å². The summed E-state index contributed by atoms with van der Waals surface area (Å²) in [5.41, 5.74) is 7.05. The Balaban J connectivity index is 2.22. The first kappa shape index (κ1) is 15.0. The molecule has 20 heavy (non-hydrogen) atoms. The lowest BCUT2D eigenvalue weighted by molar-refractivity contribution is -0.134. The Labute approximate surface area is 121 Å². The molecule has 1 aromatic rings. The number of likely N-dealkylation sites (tertiary alicyclic amines) is 1. The summed E-state index contributed by atoms with van der Waals surface area (Å²) in [6.07, 6.45) is 2.92. The van der Waals surface area contributed by atoms with Crippen LogP contribution in [0.5, 0.6) is 0 Å². The predicted molar refractivity (Wildman–Crippen MR) is 81.3 cm³/mol. The smallest absolute Gasteiger partial charge is 0.239 e. The fourth-order valence-corrected chi connectivity index (χ4v) is 3.08. The molecule has 4 nitrogen and oxygen atoms in total. The van der Waals surface area contributed by atoms with Crippen LogP contribution in [0, 0.1) is 0 Å². The molecule has 1 heterocycles. The largest absolute Gasteiger partial charge is 0.347 e. The van der Waals surface area contributed by atoms with Crippen molar-refractivity contribution in [2.45, 2.75) is 31.3 Å². The van der Waals surface area contributed by atoms with Crippen LogP contribution in [0.3, 0.4) is 0 Å². The molecule has 1 aliphatic rings. The zero-order valence-corrected chi connectivity index (χ0v) is 12.5. The third-order valence-corrected chi connectivity index (χ3v) is 4.04. The van der Waals surface area contributed by atoms with E-state index < -0.39 is 0 Å². The van der Waals surface area contributed by atoms with Gasteiger partial charge in [0.2, 0.25) is 5.91 Å². The van der Waals surface area contributed by atoms with Crippen molar-refractivity contribution in [1.29, 1.82) is 0 Å². The Morgan fingerprint density at radius 2 is 2.10 bits per heavy atom. The fourth-order valence-electron chi connectivity index (χ4n) is 3.08. The lowest BCUT2D eigenvalue weighted by Crippen LogP contribution is -2.44. The second-order valence-electron chi connectivity index (χ2n) is 5.63. The van der Waals surface area contributed by atoms with Gasteiger partial charge in [0, 0.05) is 20.1 Å². The highest BCUT2D eigenvalue weighted by Crippen LogP contribution is 2.32. The normalized spacial score (nSPS) is 20.9. The van der Waals surface area contributed by atoms with Gasteiger partial charge in [-0.15, -0.1) is 0 Å². The molecule has 2 rings (SSSR count). The van der Waals surface area contributed by atoms with E-state index >= 15 is 0 Å². The molecule has 1 aromatic carbocycles. The molecule has 0 spiro atoms. The van der Waals surface area contributed by atoms with Crippen molar-refractivity contribution in [2.24, 2.45) is 5.73 Å². The molecule has 0 radical (unpaired) electrons. The number of amides is 1. The monoisotopic (exact) mass is 275 g/mol. The average molecular weight is 275 g/mol. The Hall–Kier alpha value is -1.39. The molecule has 1 amide bonds. The van der Waals surface area contributed by atoms with Gasteiger partial charge in [0.25, 0.3) is 0 Å². The zero-order chi connectivity index (χ0) is 14.5. The molecule has 0 aliphatic carbocycles. The number of nitrogens with zero attached hydrogens (tertiary/aromatic N) is 2. The first-order valence-electron chi connectivity index (χ1n) is 7.37. The molecule has 0 bridgehead atoms. The summed E-state index contributed by atoms with van der Waals surface area (Å²) in [5, 5.41) is 0. The van der Waals surface area contributed by atoms with Crippen LogP contribution in [0.15, 0.2) is 30.3 Å². The van der Waals surface area contributed by atoms with Gasteiger partial charge in [0.15, 0.2) is 0 Å². The van der Waals surface area contributed by atoms with Crippen molar-refractivity contribution in [2.75, 3.05) is 27.2 Å². The molecule has 2 atom stereocenters. The molecule has 0 aromatic heterocycles. The minimum atomic E-state index is 0.00163. The summed E-state index contributed by atoms with van der Waals surface area (Å²) in [6.45, 7) is 1.61. The molecular weight excluding hydrogens is 250 g/mol. The first-order valence-corrected chi connectivity index (χ1v) is 7.37. The van der Waals surface area contributed by atoms with Gasteiger partial charge in [-0.05, 0) is 37.9 Å². The van der Waals surface area contributed by atoms with Crippen LogP contribution in [0.2, 0.25) is 0 Å². The predicted octanol–water partition coefficient (Wildman–Crippen LogP) is 1.63. The van der Waals surface area contributed by atoms with Crippen molar-refractivity contribution in [1.82, 2.24) is 9.80 Å². The SMILES string of the molecule is CN(C)C(=O)C1CCCN1C(CCN)c1ccccc1. The second-order valence-corrected chi connectivity index (χ2v) is 5.63. The first-order chi connectivity index (χ1) is 9.65. The van der Waals surface area contributed by atoms with Crippen LogP contribution in [0.25, 0.3) is 0 Å². The summed E-state index contributed by atoms with van der Waals surface area (Å²) in [5.74, 6) is 0.209. The number of likely N-dealkylation sites (N-methyl/N-ethyl adjacent to an activating group) is 1. The molecule has 1 aliphatic heterocycles. The summed E-state index contributed by atoms with van der Waals surface area (Å²) < 4.78 is 0. The number of nitrogens with two attached hydrogens (primary N) is 1. The number of benzene rings is 1. The van der Waals surface area contributed by atoms with Crippen LogP contribution in [0.4, 0.5) is 0 Å². The summed E-state index contributed by atoms with van der Waals surface area (Å²) in [7, 11) is 3.67. The van der Waals surface area contributed by atoms with E-state index in [2.05, 4.69) is 29.2 Å². The van der Waals surface area contributed by atoms with E-state index in [0.717, 1.165) is 25.8 Å². The fraction of sp³-hybridized carbons (Fsp3) is 0.562. The van der Waals surface area contributed by atoms with E-state index in [4.69, 9.17) is 5.73 Å². The maximum atomic E-state index is 12.3. The van der Waals surface area contributed by atoms with Gasteiger partial charge in [-0.25, -0.2) is 0 Å². The van der Waals surface area contributed by atoms with Gasteiger partial charge in [-0.3, -0.25) is 9.69 Å². The van der Waals surface area contributed by atoms with Gasteiger partial charge in [-0.1, -0.05) is 30.3 Å². The quantitative estimate of drug-likeness (QED) is 0.888. The van der Waals surface area contributed by atoms with Crippen molar-refractivity contribution in [3.05, 3.63) is 35.9 Å². The molecule has 2 N–H and O–H groups in total. The maximum absolute atomic E-state index is 12.3. The van der Waals surface area contributed by atoms with Crippen LogP contribution < -0.4 is 5.73 Å². The van der Waals surface area contributed by atoms with Gasteiger partial charge in [0.05, 0.1) is 6.04 Å². The number of hydrogen-bond donors (Lipinski definition) is 1. The molecule has 2 unspecified atom stereocenters. The molecule has 4 heteroatoms. The zero-order valence-electron chi connectivity index (χ0n) is 12.5. The average Bonchev–Trinajstić information content (AvgIpc) is 2.93. The second kappa shape index (κ2) is 6.86. The van der Waals surface area contributed by atoms with Gasteiger partial charge in [0.1, 0.15) is 0 Å². The number of carbonyl (C=O) groups is 1. The number of carbonyl (C=O) groups excluding carboxylic acids is 1. The van der Waals surface area contributed by atoms with Crippen LogP contribution >= 0.6 is 0 Å². The molecular formula is C16H25N3O. The van der Waals surface area contributed by atoms with E-state index in [0.29, 0.717) is 6.54 Å². The van der Waals surface area contributed by atoms with E-state index in [1.165, 1.54) is 5.56 Å². The summed E-state index contributed by atoms with van der Waals surface area (Å²) >= 11 is 0. The van der Waals surface area contributed by atoms with E-state index in [1.807, 2.05) is 20.2 Å². The minimum Gasteiger partial charge on any atom is -0.347 e. The summed E-state index contributed by atoms with van der Waals surface area (Å²) in [6, 6.07) is 10.6. The van der Waals surface area contributed by atoms with Crippen molar-refractivity contribution >= 4 is 5.91 Å². The van der Waals surface area contributed by atoms with E-state index in [-0.39, 0.29) is 18.0 Å². The minimum absolute atomic E-state index is 0.00163. The summed E-state index contributed by atoms with van der Waals surface area (Å²) in [4.78, 5) is 16.4. The maximum Gasteiger partial charge on any atom is 0.239 e. The standard InChI is InChI=1S/C16H25N3O/c1-18(2)16(20)15-9-6-12-19(15)14(10-11-17)13-7-4-3-5-8-13/h3-5,7-8,14-15H,6,9-12,17H2,1-2H3. The van der Waals surface area contributed by atoms with E-state index in [1.54, 1.807) is 4.90 Å². The van der Waals surface area contributed by atoms with Crippen LogP contribution in [-0.2, 0) is 4.79 Å². The molecule has 1 fully saturated rings. The Kier molecular flexibility index (Phi) is 5.15. The third kappa shape index (κ3) is 3.19. The highest BCUT2D eigenvalue weighted by atomic mass is 16.2. The Morgan fingerprint density at radius 1 is 1.40 bits per heavy atom. The topological polar surface area (TPSA) is 49.6 Å². The third-order valence-electron chi connectivity index (χ3n) is 4.04. The Morgan fingerprint density at radius 3 is 2.70 bits per heavy atom. The van der Waals surface area contributed by atoms with Crippen LogP contribution in [0.1, 0.15) is 30.9 Å².